The van der Waals surface area contributed by atoms with Crippen LogP contribution in [0, 0.1) is 13.8 Å². The van der Waals surface area contributed by atoms with E-state index >= 15 is 0 Å². The van der Waals surface area contributed by atoms with Crippen molar-refractivity contribution in [3.8, 4) is 0 Å². The maximum Gasteiger partial charge on any atom is 0.451 e. The first-order valence-corrected chi connectivity index (χ1v) is 6.67. The monoisotopic (exact) mass is 328 g/mol. The molecule has 2 rings (SSSR count). The molecule has 0 unspecified atom stereocenters. The predicted molar refractivity (Wildman–Crippen MR) is 77.0 cm³/mol. The predicted octanol–water partition coefficient (Wildman–Crippen LogP) is 1.86. The fourth-order valence-electron chi connectivity index (χ4n) is 1.99. The average Bonchev–Trinajstić information content (AvgIpc) is 2.71. The zero-order valence-electron chi connectivity index (χ0n) is 12.7. The van der Waals surface area contributed by atoms with Crippen LogP contribution in [-0.2, 0) is 24.6 Å². The Morgan fingerprint density at radius 2 is 1.91 bits per heavy atom. The van der Waals surface area contributed by atoms with E-state index in [1.165, 1.54) is 0 Å². The highest BCUT2D eigenvalue weighted by atomic mass is 19.4. The molecule has 0 aliphatic rings. The van der Waals surface area contributed by atoms with Crippen molar-refractivity contribution in [3.63, 3.8) is 0 Å². The Hall–Kier alpha value is -2.58. The van der Waals surface area contributed by atoms with Gasteiger partial charge >= 0.3 is 11.9 Å². The van der Waals surface area contributed by atoms with Gasteiger partial charge in [0.05, 0.1) is 0 Å². The number of anilines is 1. The topological polar surface area (TPSA) is 68.9 Å². The summed E-state index contributed by atoms with van der Waals surface area (Å²) in [7, 11) is 0.954. The molecular weight excluding hydrogens is 313 g/mol. The van der Waals surface area contributed by atoms with Crippen molar-refractivity contribution in [1.29, 1.82) is 0 Å². The van der Waals surface area contributed by atoms with Crippen LogP contribution in [-0.4, -0.2) is 20.3 Å². The van der Waals surface area contributed by atoms with E-state index in [0.717, 1.165) is 18.2 Å². The number of hydrogen-bond donors (Lipinski definition) is 1. The molecule has 6 nitrogen and oxygen atoms in total. The molecule has 0 aliphatic heterocycles. The molecule has 0 spiro atoms. The number of carbonyl (C=O) groups is 1. The van der Waals surface area contributed by atoms with Gasteiger partial charge in [0.2, 0.25) is 11.7 Å². The molecule has 1 aromatic heterocycles. The number of aryl methyl sites for hydroxylation is 2. The molecule has 2 aromatic rings. The maximum atomic E-state index is 12.7. The van der Waals surface area contributed by atoms with Crippen LogP contribution in [0.4, 0.5) is 18.9 Å². The van der Waals surface area contributed by atoms with E-state index < -0.39 is 30.1 Å². The standard InChI is InChI=1S/C14H15F3N4O2/c1-8-4-5-10(6-9(8)2)18-11(22)7-21-13(23)20(3)12(19-21)14(15,16)17/h4-6H,7H2,1-3H3,(H,18,22). The van der Waals surface area contributed by atoms with Gasteiger partial charge in [0.15, 0.2) is 0 Å². The van der Waals surface area contributed by atoms with E-state index in [1.54, 1.807) is 18.2 Å². The summed E-state index contributed by atoms with van der Waals surface area (Å²) < 4.78 is 38.9. The van der Waals surface area contributed by atoms with Crippen LogP contribution in [0.1, 0.15) is 17.0 Å². The lowest BCUT2D eigenvalue weighted by atomic mass is 10.1. The van der Waals surface area contributed by atoms with Crippen molar-refractivity contribution in [2.75, 3.05) is 5.32 Å². The summed E-state index contributed by atoms with van der Waals surface area (Å²) in [4.78, 5) is 23.6. The lowest BCUT2D eigenvalue weighted by molar-refractivity contribution is -0.147. The van der Waals surface area contributed by atoms with Crippen LogP contribution in [0.2, 0.25) is 0 Å². The number of carbonyl (C=O) groups excluding carboxylic acids is 1. The van der Waals surface area contributed by atoms with Crippen molar-refractivity contribution in [2.24, 2.45) is 7.05 Å². The summed E-state index contributed by atoms with van der Waals surface area (Å²) in [6.07, 6.45) is -4.76. The van der Waals surface area contributed by atoms with Crippen molar-refractivity contribution >= 4 is 11.6 Å². The Bertz CT molecular complexity index is 805. The molecule has 1 aromatic carbocycles. The minimum absolute atomic E-state index is 0.364. The van der Waals surface area contributed by atoms with Gasteiger partial charge in [-0.3, -0.25) is 9.36 Å². The second-order valence-electron chi connectivity index (χ2n) is 5.17. The first-order chi connectivity index (χ1) is 10.6. The van der Waals surface area contributed by atoms with Crippen LogP contribution in [0.25, 0.3) is 0 Å². The van der Waals surface area contributed by atoms with Gasteiger partial charge in [-0.15, -0.1) is 5.10 Å². The molecule has 0 fully saturated rings. The summed E-state index contributed by atoms with van der Waals surface area (Å²) in [6, 6.07) is 5.21. The first-order valence-electron chi connectivity index (χ1n) is 6.67. The van der Waals surface area contributed by atoms with Crippen molar-refractivity contribution < 1.29 is 18.0 Å². The van der Waals surface area contributed by atoms with E-state index in [9.17, 15) is 22.8 Å². The van der Waals surface area contributed by atoms with Crippen LogP contribution in [0.3, 0.4) is 0 Å². The van der Waals surface area contributed by atoms with Crippen LogP contribution in [0.5, 0.6) is 0 Å². The molecular formula is C14H15F3N4O2. The van der Waals surface area contributed by atoms with Gasteiger partial charge in [-0.05, 0) is 37.1 Å². The fraction of sp³-hybridized carbons (Fsp3) is 0.357. The molecule has 0 radical (unpaired) electrons. The van der Waals surface area contributed by atoms with E-state index in [1.807, 2.05) is 13.8 Å². The minimum Gasteiger partial charge on any atom is -0.324 e. The second kappa shape index (κ2) is 5.90. The Labute approximate surface area is 129 Å². The van der Waals surface area contributed by atoms with Crippen molar-refractivity contribution in [3.05, 3.63) is 45.6 Å². The van der Waals surface area contributed by atoms with Gasteiger partial charge in [-0.25, -0.2) is 9.48 Å². The van der Waals surface area contributed by atoms with Gasteiger partial charge in [-0.2, -0.15) is 13.2 Å². The number of nitrogens with one attached hydrogen (secondary N) is 1. The Balaban J connectivity index is 2.18. The largest absolute Gasteiger partial charge is 0.451 e. The van der Waals surface area contributed by atoms with Gasteiger partial charge < -0.3 is 5.32 Å². The molecule has 1 amide bonds. The van der Waals surface area contributed by atoms with Gasteiger partial charge in [0.1, 0.15) is 6.54 Å². The summed E-state index contributed by atoms with van der Waals surface area (Å²) >= 11 is 0. The molecule has 0 atom stereocenters. The van der Waals surface area contributed by atoms with Crippen molar-refractivity contribution in [2.45, 2.75) is 26.6 Å². The Kier molecular flexibility index (Phi) is 4.31. The third-order valence-electron chi connectivity index (χ3n) is 3.38. The summed E-state index contributed by atoms with van der Waals surface area (Å²) in [5.41, 5.74) is 1.49. The molecule has 0 bridgehead atoms. The third-order valence-corrected chi connectivity index (χ3v) is 3.38. The SMILES string of the molecule is Cc1ccc(NC(=O)Cn2nc(C(F)(F)F)n(C)c2=O)cc1C. The van der Waals surface area contributed by atoms with Crippen LogP contribution in [0.15, 0.2) is 23.0 Å². The maximum absolute atomic E-state index is 12.7. The van der Waals surface area contributed by atoms with Crippen LogP contribution < -0.4 is 11.0 Å². The molecule has 0 saturated heterocycles. The minimum atomic E-state index is -4.76. The molecule has 23 heavy (non-hydrogen) atoms. The Morgan fingerprint density at radius 1 is 1.26 bits per heavy atom. The number of amides is 1. The molecule has 1 N–H and O–H groups in total. The number of hydrogen-bond acceptors (Lipinski definition) is 3. The van der Waals surface area contributed by atoms with Gasteiger partial charge in [0.25, 0.3) is 0 Å². The van der Waals surface area contributed by atoms with E-state index in [2.05, 4.69) is 10.4 Å². The number of alkyl halides is 3. The summed E-state index contributed by atoms with van der Waals surface area (Å²) in [6.45, 7) is 3.17. The number of halogens is 3. The normalized spacial score (nSPS) is 11.6. The molecule has 0 saturated carbocycles. The van der Waals surface area contributed by atoms with Gasteiger partial charge in [-0.1, -0.05) is 6.07 Å². The average molecular weight is 328 g/mol. The zero-order chi connectivity index (χ0) is 17.4. The van der Waals surface area contributed by atoms with E-state index in [0.29, 0.717) is 14.9 Å². The highest BCUT2D eigenvalue weighted by Crippen LogP contribution is 2.26. The second-order valence-corrected chi connectivity index (χ2v) is 5.17. The van der Waals surface area contributed by atoms with Crippen LogP contribution >= 0.6 is 0 Å². The highest BCUT2D eigenvalue weighted by molar-refractivity contribution is 5.90. The smallest absolute Gasteiger partial charge is 0.324 e. The summed E-state index contributed by atoms with van der Waals surface area (Å²) in [5, 5.41) is 5.70. The van der Waals surface area contributed by atoms with E-state index in [-0.39, 0.29) is 0 Å². The number of nitrogens with zero attached hydrogens (tertiary/aromatic N) is 3. The fourth-order valence-corrected chi connectivity index (χ4v) is 1.99. The first kappa shape index (κ1) is 16.8. The quantitative estimate of drug-likeness (QED) is 0.935. The molecule has 124 valence electrons. The number of rotatable bonds is 3. The van der Waals surface area contributed by atoms with Gasteiger partial charge in [0, 0.05) is 12.7 Å². The zero-order valence-corrected chi connectivity index (χ0v) is 12.7. The Morgan fingerprint density at radius 3 is 2.43 bits per heavy atom. The van der Waals surface area contributed by atoms with E-state index in [4.69, 9.17) is 0 Å². The lowest BCUT2D eigenvalue weighted by Crippen LogP contribution is -2.29. The summed E-state index contributed by atoms with van der Waals surface area (Å²) in [5.74, 6) is -1.98. The van der Waals surface area contributed by atoms with Crippen molar-refractivity contribution in [1.82, 2.24) is 14.3 Å². The third kappa shape index (κ3) is 3.61. The molecule has 0 aliphatic carbocycles. The number of benzene rings is 1. The highest BCUT2D eigenvalue weighted by Gasteiger charge is 2.38. The molecule has 9 heteroatoms. The number of aromatic nitrogens is 3. The lowest BCUT2D eigenvalue weighted by Gasteiger charge is -2.07. The molecule has 1 heterocycles.